The van der Waals surface area contributed by atoms with Crippen molar-refractivity contribution in [1.29, 1.82) is 0 Å². The van der Waals surface area contributed by atoms with Crippen LogP contribution in [0.2, 0.25) is 0 Å². The molecule has 0 bridgehead atoms. The van der Waals surface area contributed by atoms with Crippen LogP contribution in [-0.4, -0.2) is 65.7 Å². The number of carbonyl (C=O) groups excluding carboxylic acids is 1. The van der Waals surface area contributed by atoms with E-state index in [9.17, 15) is 9.59 Å². The first-order valence-corrected chi connectivity index (χ1v) is 6.98. The summed E-state index contributed by atoms with van der Waals surface area (Å²) in [7, 11) is 2.05. The molecule has 19 heavy (non-hydrogen) atoms. The summed E-state index contributed by atoms with van der Waals surface area (Å²) >= 11 is 0. The smallest absolute Gasteiger partial charge is 0.317 e. The lowest BCUT2D eigenvalue weighted by molar-refractivity contribution is -0.139. The molecule has 0 aromatic heterocycles. The van der Waals surface area contributed by atoms with Gasteiger partial charge in [0.2, 0.25) is 0 Å². The number of likely N-dealkylation sites (N-methyl/N-ethyl adjacent to an activating group) is 1. The number of nitrogens with zero attached hydrogens (tertiary/aromatic N) is 2. The van der Waals surface area contributed by atoms with Gasteiger partial charge in [0.15, 0.2) is 0 Å². The summed E-state index contributed by atoms with van der Waals surface area (Å²) in [5, 5.41) is 11.9. The summed E-state index contributed by atoms with van der Waals surface area (Å²) in [6, 6.07) is -0.101. The van der Waals surface area contributed by atoms with Gasteiger partial charge >= 0.3 is 12.0 Å². The summed E-state index contributed by atoms with van der Waals surface area (Å²) in [4.78, 5) is 27.2. The van der Waals surface area contributed by atoms with E-state index in [-0.39, 0.29) is 12.5 Å². The number of amides is 2. The number of hydrogen-bond donors (Lipinski definition) is 2. The normalized spacial score (nSPS) is 23.3. The van der Waals surface area contributed by atoms with E-state index in [1.54, 1.807) is 0 Å². The maximum atomic E-state index is 12.3. The highest BCUT2D eigenvalue weighted by Crippen LogP contribution is 2.35. The number of rotatable bonds is 3. The maximum absolute atomic E-state index is 12.3. The van der Waals surface area contributed by atoms with Crippen LogP contribution in [0.3, 0.4) is 0 Å². The van der Waals surface area contributed by atoms with Gasteiger partial charge in [-0.15, -0.1) is 0 Å². The second-order valence-electron chi connectivity index (χ2n) is 5.78. The van der Waals surface area contributed by atoms with Gasteiger partial charge in [-0.25, -0.2) is 4.79 Å². The Balaban J connectivity index is 1.90. The van der Waals surface area contributed by atoms with Crippen molar-refractivity contribution in [3.8, 4) is 0 Å². The molecular weight excluding hydrogens is 246 g/mol. The van der Waals surface area contributed by atoms with Crippen LogP contribution in [0.5, 0.6) is 0 Å². The van der Waals surface area contributed by atoms with E-state index in [0.29, 0.717) is 6.54 Å². The van der Waals surface area contributed by atoms with Crippen LogP contribution in [0.25, 0.3) is 0 Å². The zero-order chi connectivity index (χ0) is 13.9. The van der Waals surface area contributed by atoms with Crippen LogP contribution in [0.4, 0.5) is 4.79 Å². The molecule has 2 rings (SSSR count). The molecule has 1 saturated heterocycles. The summed E-state index contributed by atoms with van der Waals surface area (Å²) in [6.45, 7) is 3.34. The lowest BCUT2D eigenvalue weighted by atomic mass is 9.74. The van der Waals surface area contributed by atoms with E-state index in [0.717, 1.165) is 45.3 Å². The highest BCUT2D eigenvalue weighted by Gasteiger charge is 2.41. The molecule has 0 aromatic rings. The molecule has 0 unspecified atom stereocenters. The van der Waals surface area contributed by atoms with Gasteiger partial charge in [-0.3, -0.25) is 4.79 Å². The Kier molecular flexibility index (Phi) is 4.29. The van der Waals surface area contributed by atoms with E-state index in [1.807, 2.05) is 4.90 Å². The highest BCUT2D eigenvalue weighted by atomic mass is 16.4. The average molecular weight is 269 g/mol. The number of carboxylic acid groups (broad SMARTS) is 1. The number of carbonyl (C=O) groups is 2. The lowest BCUT2D eigenvalue weighted by Gasteiger charge is -2.42. The topological polar surface area (TPSA) is 72.9 Å². The molecule has 1 heterocycles. The van der Waals surface area contributed by atoms with Crippen molar-refractivity contribution in [3.05, 3.63) is 0 Å². The van der Waals surface area contributed by atoms with E-state index < -0.39 is 11.5 Å². The Labute approximate surface area is 113 Å². The quantitative estimate of drug-likeness (QED) is 0.792. The summed E-state index contributed by atoms with van der Waals surface area (Å²) < 4.78 is 0. The first kappa shape index (κ1) is 14.1. The fourth-order valence-electron chi connectivity index (χ4n) is 2.79. The zero-order valence-electron chi connectivity index (χ0n) is 11.5. The first-order chi connectivity index (χ1) is 9.01. The third-order valence-electron chi connectivity index (χ3n) is 4.18. The third kappa shape index (κ3) is 3.59. The second kappa shape index (κ2) is 5.77. The Bertz CT molecular complexity index is 355. The van der Waals surface area contributed by atoms with Gasteiger partial charge < -0.3 is 20.2 Å². The predicted octanol–water partition coefficient (Wildman–Crippen LogP) is 0.731. The van der Waals surface area contributed by atoms with Crippen molar-refractivity contribution in [3.63, 3.8) is 0 Å². The van der Waals surface area contributed by atoms with Gasteiger partial charge in [0, 0.05) is 19.6 Å². The van der Waals surface area contributed by atoms with Crippen molar-refractivity contribution in [2.24, 2.45) is 0 Å². The standard InChI is InChI=1S/C13H23N3O3/c1-15-6-3-7-16(9-8-15)12(19)14-13(4-2-5-13)10-11(17)18/h2-10H2,1H3,(H,14,19)(H,17,18). The van der Waals surface area contributed by atoms with Gasteiger partial charge in [-0.05, 0) is 39.3 Å². The number of hydrogen-bond acceptors (Lipinski definition) is 3. The van der Waals surface area contributed by atoms with Crippen LogP contribution in [0.1, 0.15) is 32.1 Å². The van der Waals surface area contributed by atoms with Gasteiger partial charge in [-0.2, -0.15) is 0 Å². The third-order valence-corrected chi connectivity index (χ3v) is 4.18. The van der Waals surface area contributed by atoms with Crippen LogP contribution in [-0.2, 0) is 4.79 Å². The minimum absolute atomic E-state index is 0.0342. The van der Waals surface area contributed by atoms with E-state index in [2.05, 4.69) is 17.3 Å². The van der Waals surface area contributed by atoms with Crippen molar-refractivity contribution in [2.45, 2.75) is 37.6 Å². The van der Waals surface area contributed by atoms with Gasteiger partial charge in [0.1, 0.15) is 0 Å². The maximum Gasteiger partial charge on any atom is 0.317 e. The summed E-state index contributed by atoms with van der Waals surface area (Å²) in [5.41, 5.74) is -0.499. The highest BCUT2D eigenvalue weighted by molar-refractivity contribution is 5.77. The Morgan fingerprint density at radius 2 is 1.89 bits per heavy atom. The monoisotopic (exact) mass is 269 g/mol. The van der Waals surface area contributed by atoms with E-state index >= 15 is 0 Å². The molecule has 1 saturated carbocycles. The molecule has 0 spiro atoms. The second-order valence-corrected chi connectivity index (χ2v) is 5.78. The van der Waals surface area contributed by atoms with Crippen LogP contribution < -0.4 is 5.32 Å². The molecule has 2 amide bonds. The van der Waals surface area contributed by atoms with Crippen LogP contribution in [0.15, 0.2) is 0 Å². The molecule has 1 aliphatic heterocycles. The molecule has 0 atom stereocenters. The summed E-state index contributed by atoms with van der Waals surface area (Å²) in [6.07, 6.45) is 3.55. The molecule has 0 aromatic carbocycles. The molecule has 1 aliphatic carbocycles. The largest absolute Gasteiger partial charge is 0.481 e. The number of aliphatic carboxylic acids is 1. The van der Waals surface area contributed by atoms with Crippen molar-refractivity contribution < 1.29 is 14.7 Å². The minimum Gasteiger partial charge on any atom is -0.481 e. The summed E-state index contributed by atoms with van der Waals surface area (Å²) in [5.74, 6) is -0.837. The zero-order valence-corrected chi connectivity index (χ0v) is 11.5. The van der Waals surface area contributed by atoms with E-state index in [4.69, 9.17) is 5.11 Å². The fourth-order valence-corrected chi connectivity index (χ4v) is 2.79. The predicted molar refractivity (Wildman–Crippen MR) is 71.1 cm³/mol. The van der Waals surface area contributed by atoms with Crippen LogP contribution in [0, 0.1) is 0 Å². The molecule has 6 heteroatoms. The SMILES string of the molecule is CN1CCCN(C(=O)NC2(CC(=O)O)CCC2)CC1. The average Bonchev–Trinajstić information content (AvgIpc) is 2.50. The molecule has 108 valence electrons. The van der Waals surface area contributed by atoms with Crippen molar-refractivity contribution in [1.82, 2.24) is 15.1 Å². The first-order valence-electron chi connectivity index (χ1n) is 6.98. The fraction of sp³-hybridized carbons (Fsp3) is 0.846. The molecule has 6 nitrogen and oxygen atoms in total. The number of carboxylic acids is 1. The Morgan fingerprint density at radius 3 is 2.47 bits per heavy atom. The lowest BCUT2D eigenvalue weighted by Crippen LogP contribution is -2.58. The minimum atomic E-state index is -0.837. The van der Waals surface area contributed by atoms with Crippen LogP contribution >= 0.6 is 0 Å². The number of nitrogens with one attached hydrogen (secondary N) is 1. The van der Waals surface area contributed by atoms with Gasteiger partial charge in [-0.1, -0.05) is 0 Å². The van der Waals surface area contributed by atoms with Crippen molar-refractivity contribution >= 4 is 12.0 Å². The number of urea groups is 1. The molecule has 2 aliphatic rings. The van der Waals surface area contributed by atoms with Gasteiger partial charge in [0.25, 0.3) is 0 Å². The Morgan fingerprint density at radius 1 is 1.16 bits per heavy atom. The molecular formula is C13H23N3O3. The van der Waals surface area contributed by atoms with Gasteiger partial charge in [0.05, 0.1) is 12.0 Å². The molecule has 2 N–H and O–H groups in total. The Hall–Kier alpha value is -1.30. The van der Waals surface area contributed by atoms with Crippen molar-refractivity contribution in [2.75, 3.05) is 33.2 Å². The van der Waals surface area contributed by atoms with E-state index in [1.165, 1.54) is 0 Å². The molecule has 0 radical (unpaired) electrons. The molecule has 2 fully saturated rings.